The van der Waals surface area contributed by atoms with Gasteiger partial charge in [-0.2, -0.15) is 10.5 Å². The van der Waals surface area contributed by atoms with E-state index in [4.69, 9.17) is 18.9 Å². The molecule has 2 aromatic heterocycles. The molecule has 1 N–H and O–H groups in total. The highest BCUT2D eigenvalue weighted by Crippen LogP contribution is 2.36. The molecule has 2 aliphatic heterocycles. The van der Waals surface area contributed by atoms with Crippen molar-refractivity contribution in [2.45, 2.75) is 111 Å². The third kappa shape index (κ3) is 11.9. The lowest BCUT2D eigenvalue weighted by Gasteiger charge is -2.33. The molecule has 8 rings (SSSR count). The largest absolute Gasteiger partial charge is 0.488 e. The summed E-state index contributed by atoms with van der Waals surface area (Å²) in [7, 11) is 0. The lowest BCUT2D eigenvalue weighted by atomic mass is 9.92. The summed E-state index contributed by atoms with van der Waals surface area (Å²) >= 11 is 0. The van der Waals surface area contributed by atoms with Gasteiger partial charge in [-0.25, -0.2) is 8.78 Å². The van der Waals surface area contributed by atoms with E-state index in [1.54, 1.807) is 30.6 Å². The number of pyridine rings is 2. The molecular weight excluding hydrogens is 891 g/mol. The molecule has 0 unspecified atom stereocenters. The molecule has 14 heteroatoms. The number of hydrogen-bond acceptors (Lipinski definition) is 11. The monoisotopic (exact) mass is 946 g/mol. The smallest absolute Gasteiger partial charge is 0.320 e. The summed E-state index contributed by atoms with van der Waals surface area (Å²) in [4.78, 5) is 24.6. The van der Waals surface area contributed by atoms with Crippen molar-refractivity contribution in [2.75, 3.05) is 13.1 Å². The zero-order valence-electron chi connectivity index (χ0n) is 39.7. The summed E-state index contributed by atoms with van der Waals surface area (Å²) in [6.45, 7) is 8.66. The number of aromatic nitrogens is 2. The number of ether oxygens (including phenoxy) is 4. The van der Waals surface area contributed by atoms with Gasteiger partial charge in [0.2, 0.25) is 0 Å². The van der Waals surface area contributed by atoms with E-state index in [9.17, 15) is 20.4 Å². The first-order chi connectivity index (χ1) is 34.0. The fourth-order valence-corrected chi connectivity index (χ4v) is 9.33. The molecule has 4 aromatic carbocycles. The van der Waals surface area contributed by atoms with Crippen molar-refractivity contribution in [2.24, 2.45) is 0 Å². The van der Waals surface area contributed by atoms with Crippen LogP contribution in [-0.4, -0.2) is 56.0 Å². The number of hydrogen-bond donors (Lipinski definition) is 1. The SMILES string of the molecule is Cc1c(COc2cc(OCc3cncc(C#N)c3)c(CN3CCCC[C@H]3C)cc2F)cccc1-c1cccc(COc2cc(OCc3cncc(C#N)c3)c(CN3CCCC[C@H]3C(=O)O)cc2F)c1C. The zero-order valence-corrected chi connectivity index (χ0v) is 39.7. The van der Waals surface area contributed by atoms with Crippen molar-refractivity contribution in [3.63, 3.8) is 0 Å². The molecule has 2 fully saturated rings. The molecule has 360 valence electrons. The minimum Gasteiger partial charge on any atom is -0.488 e. The average molecular weight is 947 g/mol. The predicted molar refractivity (Wildman–Crippen MR) is 259 cm³/mol. The van der Waals surface area contributed by atoms with Crippen LogP contribution in [0.25, 0.3) is 11.1 Å². The van der Waals surface area contributed by atoms with Gasteiger partial charge in [0, 0.05) is 78.3 Å². The Labute approximate surface area is 407 Å². The molecule has 70 heavy (non-hydrogen) atoms. The number of carbonyl (C=O) groups is 1. The second-order valence-electron chi connectivity index (χ2n) is 18.1. The van der Waals surface area contributed by atoms with Gasteiger partial charge < -0.3 is 24.1 Å². The third-order valence-electron chi connectivity index (χ3n) is 13.4. The van der Waals surface area contributed by atoms with E-state index < -0.39 is 23.6 Å². The Morgan fingerprint density at radius 2 is 1.10 bits per heavy atom. The number of halogens is 2. The zero-order chi connectivity index (χ0) is 49.1. The topological polar surface area (TPSA) is 154 Å². The van der Waals surface area contributed by atoms with Crippen LogP contribution >= 0.6 is 0 Å². The number of nitrogens with zero attached hydrogens (tertiary/aromatic N) is 6. The van der Waals surface area contributed by atoms with E-state index in [0.29, 0.717) is 64.9 Å². The fourth-order valence-electron chi connectivity index (χ4n) is 9.33. The summed E-state index contributed by atoms with van der Waals surface area (Å²) in [6, 6.07) is 25.0. The first kappa shape index (κ1) is 49.0. The standard InChI is InChI=1S/C56H56F2N6O6/c1-36-10-4-6-16-63(36)30-45-20-49(57)54(22-52(45)67-32-41-18-39(24-59)26-61-28-41)69-34-43-11-8-13-47(37(43)2)48-14-9-12-44(38(48)3)35-70-55-23-53(68-33-42-19-40(25-60)27-62-29-42)46(21-50(55)58)31-64-17-7-5-15-51(64)56(65)66/h8-9,11-14,18-23,26-29,36,51H,4-7,10,15-17,30-35H2,1-3H3,(H,65,66)/t36-,51+/m1/s1. The number of rotatable bonds is 18. The summed E-state index contributed by atoms with van der Waals surface area (Å²) in [5.41, 5.74) is 8.80. The van der Waals surface area contributed by atoms with Crippen LogP contribution in [0, 0.1) is 48.1 Å². The van der Waals surface area contributed by atoms with Crippen molar-refractivity contribution in [3.8, 4) is 46.3 Å². The molecule has 0 bridgehead atoms. The Balaban J connectivity index is 1.000. The maximum absolute atomic E-state index is 16.0. The Hall–Kier alpha value is -7.39. The molecule has 6 aromatic rings. The second kappa shape index (κ2) is 22.8. The number of carboxylic acid groups (broad SMARTS) is 1. The highest BCUT2D eigenvalue weighted by atomic mass is 19.1. The molecular formula is C56H56F2N6O6. The maximum Gasteiger partial charge on any atom is 0.320 e. The predicted octanol–water partition coefficient (Wildman–Crippen LogP) is 10.9. The van der Waals surface area contributed by atoms with Crippen molar-refractivity contribution in [3.05, 3.63) is 165 Å². The van der Waals surface area contributed by atoms with Gasteiger partial charge in [-0.15, -0.1) is 0 Å². The maximum atomic E-state index is 16.0. The van der Waals surface area contributed by atoms with Gasteiger partial charge in [0.1, 0.15) is 56.1 Å². The first-order valence-electron chi connectivity index (χ1n) is 23.7. The van der Waals surface area contributed by atoms with Gasteiger partial charge >= 0.3 is 5.97 Å². The van der Waals surface area contributed by atoms with E-state index in [-0.39, 0.29) is 44.5 Å². The Kier molecular flexibility index (Phi) is 16.0. The summed E-state index contributed by atoms with van der Waals surface area (Å²) in [5, 5.41) is 28.7. The van der Waals surface area contributed by atoms with Gasteiger partial charge in [-0.05, 0) is 117 Å². The summed E-state index contributed by atoms with van der Waals surface area (Å²) < 4.78 is 57.0. The Morgan fingerprint density at radius 1 is 0.629 bits per heavy atom. The van der Waals surface area contributed by atoms with Gasteiger partial charge in [-0.3, -0.25) is 24.6 Å². The minimum atomic E-state index is -0.917. The first-order valence-corrected chi connectivity index (χ1v) is 23.7. The number of carboxylic acids is 1. The van der Waals surface area contributed by atoms with Crippen molar-refractivity contribution in [1.29, 1.82) is 10.5 Å². The van der Waals surface area contributed by atoms with Crippen LogP contribution in [0.4, 0.5) is 8.78 Å². The number of nitriles is 2. The number of piperidine rings is 2. The van der Waals surface area contributed by atoms with Gasteiger partial charge in [0.15, 0.2) is 23.1 Å². The van der Waals surface area contributed by atoms with Crippen molar-refractivity contribution < 1.29 is 37.6 Å². The van der Waals surface area contributed by atoms with Crippen LogP contribution < -0.4 is 18.9 Å². The molecule has 2 aliphatic rings. The summed E-state index contributed by atoms with van der Waals surface area (Å²) in [6.07, 6.45) is 11.7. The Morgan fingerprint density at radius 3 is 1.59 bits per heavy atom. The second-order valence-corrected chi connectivity index (χ2v) is 18.1. The lowest BCUT2D eigenvalue weighted by molar-refractivity contribution is -0.144. The molecule has 0 amide bonds. The lowest BCUT2D eigenvalue weighted by Crippen LogP contribution is -2.44. The minimum absolute atomic E-state index is 0.0312. The van der Waals surface area contributed by atoms with Crippen LogP contribution in [0.1, 0.15) is 101 Å². The molecule has 0 spiro atoms. The van der Waals surface area contributed by atoms with Crippen LogP contribution in [0.5, 0.6) is 23.0 Å². The van der Waals surface area contributed by atoms with Crippen LogP contribution in [-0.2, 0) is 44.3 Å². The van der Waals surface area contributed by atoms with E-state index in [1.165, 1.54) is 37.0 Å². The van der Waals surface area contributed by atoms with E-state index in [0.717, 1.165) is 71.2 Å². The van der Waals surface area contributed by atoms with E-state index >= 15 is 8.78 Å². The number of likely N-dealkylation sites (tertiary alicyclic amines) is 2. The van der Waals surface area contributed by atoms with E-state index in [2.05, 4.69) is 33.9 Å². The van der Waals surface area contributed by atoms with Gasteiger partial charge in [0.25, 0.3) is 0 Å². The molecule has 4 heterocycles. The third-order valence-corrected chi connectivity index (χ3v) is 13.4. The highest BCUT2D eigenvalue weighted by Gasteiger charge is 2.30. The molecule has 0 saturated carbocycles. The van der Waals surface area contributed by atoms with Crippen LogP contribution in [0.3, 0.4) is 0 Å². The van der Waals surface area contributed by atoms with Gasteiger partial charge in [-0.1, -0.05) is 49.2 Å². The molecule has 0 aliphatic carbocycles. The normalized spacial score (nSPS) is 16.2. The molecule has 0 radical (unpaired) electrons. The van der Waals surface area contributed by atoms with Crippen LogP contribution in [0.15, 0.2) is 97.6 Å². The quantitative estimate of drug-likeness (QED) is 0.0872. The highest BCUT2D eigenvalue weighted by molar-refractivity contribution is 5.74. The van der Waals surface area contributed by atoms with Crippen LogP contribution in [0.2, 0.25) is 0 Å². The molecule has 12 nitrogen and oxygen atoms in total. The van der Waals surface area contributed by atoms with Gasteiger partial charge in [0.05, 0.1) is 11.1 Å². The van der Waals surface area contributed by atoms with E-state index in [1.807, 2.05) is 55.1 Å². The molecule has 2 atom stereocenters. The molecule has 2 saturated heterocycles. The summed E-state index contributed by atoms with van der Waals surface area (Å²) in [5.74, 6) is -1.15. The average Bonchev–Trinajstić information content (AvgIpc) is 3.37. The number of aliphatic carboxylic acids is 1. The van der Waals surface area contributed by atoms with Crippen molar-refractivity contribution >= 4 is 5.97 Å². The Bertz CT molecular complexity index is 2930. The number of benzene rings is 4. The fraction of sp³-hybridized carbons (Fsp3) is 0.339. The van der Waals surface area contributed by atoms with Crippen molar-refractivity contribution in [1.82, 2.24) is 19.8 Å².